The van der Waals surface area contributed by atoms with Gasteiger partial charge in [-0.2, -0.15) is 0 Å². The number of carbonyl (C=O) groups is 1. The summed E-state index contributed by atoms with van der Waals surface area (Å²) in [4.78, 5) is 14.0. The minimum Gasteiger partial charge on any atom is -0.497 e. The van der Waals surface area contributed by atoms with E-state index in [9.17, 15) is 4.79 Å². The van der Waals surface area contributed by atoms with Gasteiger partial charge in [-0.25, -0.2) is 0 Å². The first-order chi connectivity index (χ1) is 11.1. The Balaban J connectivity index is 1.96. The number of rotatable bonds is 4. The normalized spacial score (nSPS) is 9.52. The van der Waals surface area contributed by atoms with Gasteiger partial charge in [-0.05, 0) is 36.4 Å². The highest BCUT2D eigenvalue weighted by atomic mass is 16.5. The molecule has 0 aromatic heterocycles. The molecule has 0 unspecified atom stereocenters. The van der Waals surface area contributed by atoms with Crippen LogP contribution in [0, 0.1) is 11.8 Å². The van der Waals surface area contributed by atoms with Gasteiger partial charge in [0.05, 0.1) is 19.3 Å². The fraction of sp³-hybridized carbons (Fsp3) is 0.211. The zero-order valence-corrected chi connectivity index (χ0v) is 13.6. The van der Waals surface area contributed by atoms with Crippen LogP contribution in [0.3, 0.4) is 0 Å². The lowest BCUT2D eigenvalue weighted by atomic mass is 10.1. The number of amides is 1. The van der Waals surface area contributed by atoms with Gasteiger partial charge in [-0.15, -0.1) is 0 Å². The van der Waals surface area contributed by atoms with E-state index in [0.717, 1.165) is 17.0 Å². The van der Waals surface area contributed by atoms with Gasteiger partial charge in [0.2, 0.25) is 0 Å². The molecule has 23 heavy (non-hydrogen) atoms. The number of carbonyl (C=O) groups excluding carboxylic acids is 1. The largest absolute Gasteiger partial charge is 0.497 e. The third-order valence-electron chi connectivity index (χ3n) is 3.30. The topological polar surface area (TPSA) is 41.6 Å². The van der Waals surface area contributed by atoms with Crippen molar-refractivity contribution in [3.8, 4) is 17.6 Å². The molecule has 1 amide bonds. The summed E-state index contributed by atoms with van der Waals surface area (Å²) in [6.07, 6.45) is 0. The van der Waals surface area contributed by atoms with Crippen molar-refractivity contribution in [1.82, 2.24) is 5.32 Å². The van der Waals surface area contributed by atoms with Crippen LogP contribution >= 0.6 is 0 Å². The van der Waals surface area contributed by atoms with Crippen LogP contribution in [-0.2, 0) is 0 Å². The van der Waals surface area contributed by atoms with Crippen molar-refractivity contribution in [2.24, 2.45) is 0 Å². The van der Waals surface area contributed by atoms with E-state index in [1.165, 1.54) is 0 Å². The molecule has 0 aliphatic carbocycles. The maximum atomic E-state index is 12.0. The van der Waals surface area contributed by atoms with Crippen molar-refractivity contribution >= 4 is 11.6 Å². The SMILES string of the molecule is COc1ccc(C(=O)NCC#Cc2ccccc2N(C)C)cc1. The molecular formula is C19H20N2O2. The Morgan fingerprint density at radius 1 is 1.13 bits per heavy atom. The quantitative estimate of drug-likeness (QED) is 0.883. The first-order valence-electron chi connectivity index (χ1n) is 7.29. The van der Waals surface area contributed by atoms with Crippen molar-refractivity contribution in [2.45, 2.75) is 0 Å². The summed E-state index contributed by atoms with van der Waals surface area (Å²) in [5.74, 6) is 6.65. The lowest BCUT2D eigenvalue weighted by Crippen LogP contribution is -2.23. The molecule has 2 aromatic carbocycles. The van der Waals surface area contributed by atoms with Crippen molar-refractivity contribution in [3.63, 3.8) is 0 Å². The van der Waals surface area contributed by atoms with Crippen LogP contribution in [0.15, 0.2) is 48.5 Å². The summed E-state index contributed by atoms with van der Waals surface area (Å²) in [6.45, 7) is 0.298. The molecule has 0 aliphatic heterocycles. The van der Waals surface area contributed by atoms with Gasteiger partial charge in [0.1, 0.15) is 5.75 Å². The number of hydrogen-bond donors (Lipinski definition) is 1. The fourth-order valence-corrected chi connectivity index (χ4v) is 2.08. The molecule has 4 heteroatoms. The number of anilines is 1. The standard InChI is InChI=1S/C19H20N2O2/c1-21(2)18-9-5-4-7-15(18)8-6-14-20-19(22)16-10-12-17(23-3)13-11-16/h4-5,7,9-13H,14H2,1-3H3,(H,20,22). The number of ether oxygens (including phenoxy) is 1. The van der Waals surface area contributed by atoms with Gasteiger partial charge in [-0.1, -0.05) is 24.0 Å². The monoisotopic (exact) mass is 308 g/mol. The Morgan fingerprint density at radius 3 is 2.48 bits per heavy atom. The summed E-state index contributed by atoms with van der Waals surface area (Å²) in [6, 6.07) is 14.9. The molecule has 1 N–H and O–H groups in total. The minimum atomic E-state index is -0.150. The van der Waals surface area contributed by atoms with Crippen LogP contribution < -0.4 is 15.0 Å². The molecule has 2 aromatic rings. The number of methoxy groups -OCH3 is 1. The van der Waals surface area contributed by atoms with E-state index in [0.29, 0.717) is 12.1 Å². The molecule has 0 bridgehead atoms. The molecular weight excluding hydrogens is 288 g/mol. The zero-order valence-electron chi connectivity index (χ0n) is 13.6. The molecule has 0 spiro atoms. The Kier molecular flexibility index (Phi) is 5.65. The number of para-hydroxylation sites is 1. The van der Waals surface area contributed by atoms with E-state index >= 15 is 0 Å². The predicted molar refractivity (Wildman–Crippen MR) is 93.0 cm³/mol. The maximum Gasteiger partial charge on any atom is 0.252 e. The van der Waals surface area contributed by atoms with Crippen LogP contribution in [0.5, 0.6) is 5.75 Å². The van der Waals surface area contributed by atoms with E-state index in [1.54, 1.807) is 31.4 Å². The van der Waals surface area contributed by atoms with Gasteiger partial charge >= 0.3 is 0 Å². The van der Waals surface area contributed by atoms with Crippen LogP contribution in [0.4, 0.5) is 5.69 Å². The summed E-state index contributed by atoms with van der Waals surface area (Å²) in [7, 11) is 5.55. The van der Waals surface area contributed by atoms with E-state index in [4.69, 9.17) is 4.74 Å². The second-order valence-corrected chi connectivity index (χ2v) is 5.12. The third kappa shape index (κ3) is 4.52. The van der Waals surface area contributed by atoms with Gasteiger partial charge in [-0.3, -0.25) is 4.79 Å². The molecule has 2 rings (SSSR count). The summed E-state index contributed by atoms with van der Waals surface area (Å²) in [5, 5.41) is 2.79. The highest BCUT2D eigenvalue weighted by Crippen LogP contribution is 2.16. The molecule has 0 radical (unpaired) electrons. The Hall–Kier alpha value is -2.93. The summed E-state index contributed by atoms with van der Waals surface area (Å²) in [5.41, 5.74) is 2.58. The molecule has 0 fully saturated rings. The molecule has 0 saturated heterocycles. The van der Waals surface area contributed by atoms with E-state index < -0.39 is 0 Å². The maximum absolute atomic E-state index is 12.0. The Morgan fingerprint density at radius 2 is 1.83 bits per heavy atom. The molecule has 4 nitrogen and oxygen atoms in total. The minimum absolute atomic E-state index is 0.150. The number of benzene rings is 2. The van der Waals surface area contributed by atoms with Crippen molar-refractivity contribution < 1.29 is 9.53 Å². The zero-order chi connectivity index (χ0) is 16.7. The number of hydrogen-bond acceptors (Lipinski definition) is 3. The Labute approximate surface area is 137 Å². The predicted octanol–water partition coefficient (Wildman–Crippen LogP) is 2.54. The van der Waals surface area contributed by atoms with Crippen LogP contribution in [0.2, 0.25) is 0 Å². The smallest absolute Gasteiger partial charge is 0.252 e. The van der Waals surface area contributed by atoms with Crippen molar-refractivity contribution in [1.29, 1.82) is 0 Å². The highest BCUT2D eigenvalue weighted by Gasteiger charge is 2.04. The average molecular weight is 308 g/mol. The first kappa shape index (κ1) is 16.4. The number of nitrogens with one attached hydrogen (secondary N) is 1. The van der Waals surface area contributed by atoms with E-state index in [2.05, 4.69) is 17.2 Å². The van der Waals surface area contributed by atoms with Gasteiger partial charge in [0.15, 0.2) is 0 Å². The lowest BCUT2D eigenvalue weighted by Gasteiger charge is -2.13. The van der Waals surface area contributed by atoms with Crippen LogP contribution in [0.1, 0.15) is 15.9 Å². The van der Waals surface area contributed by atoms with Gasteiger partial charge in [0.25, 0.3) is 5.91 Å². The van der Waals surface area contributed by atoms with Crippen molar-refractivity contribution in [2.75, 3.05) is 32.6 Å². The second kappa shape index (κ2) is 7.90. The lowest BCUT2D eigenvalue weighted by molar-refractivity contribution is 0.0958. The molecule has 0 saturated carbocycles. The number of nitrogens with zero attached hydrogens (tertiary/aromatic N) is 1. The van der Waals surface area contributed by atoms with Gasteiger partial charge in [0, 0.05) is 25.2 Å². The van der Waals surface area contributed by atoms with Crippen molar-refractivity contribution in [3.05, 3.63) is 59.7 Å². The van der Waals surface area contributed by atoms with E-state index in [1.807, 2.05) is 43.3 Å². The molecule has 0 heterocycles. The Bertz CT molecular complexity index is 725. The fourth-order valence-electron chi connectivity index (χ4n) is 2.08. The third-order valence-corrected chi connectivity index (χ3v) is 3.30. The van der Waals surface area contributed by atoms with Crippen LogP contribution in [-0.4, -0.2) is 33.7 Å². The summed E-state index contributed by atoms with van der Waals surface area (Å²) >= 11 is 0. The second-order valence-electron chi connectivity index (χ2n) is 5.12. The average Bonchev–Trinajstić information content (AvgIpc) is 2.58. The molecule has 0 aliphatic rings. The molecule has 0 atom stereocenters. The molecule has 118 valence electrons. The first-order valence-corrected chi connectivity index (χ1v) is 7.29. The summed E-state index contributed by atoms with van der Waals surface area (Å²) < 4.78 is 5.07. The van der Waals surface area contributed by atoms with E-state index in [-0.39, 0.29) is 5.91 Å². The van der Waals surface area contributed by atoms with Gasteiger partial charge < -0.3 is 15.0 Å². The van der Waals surface area contributed by atoms with Crippen LogP contribution in [0.25, 0.3) is 0 Å². The highest BCUT2D eigenvalue weighted by molar-refractivity contribution is 5.94.